The molecule has 3 aliphatic rings. The summed E-state index contributed by atoms with van der Waals surface area (Å²) in [6.07, 6.45) is 11.9. The third-order valence-electron chi connectivity index (χ3n) is 6.94. The Labute approximate surface area is 236 Å². The molecule has 0 aliphatic carbocycles. The number of allylic oxidation sites excluding steroid dienone is 3. The molecule has 10 heteroatoms. The van der Waals surface area contributed by atoms with Crippen LogP contribution in [0.3, 0.4) is 0 Å². The molecule has 0 aromatic rings. The van der Waals surface area contributed by atoms with Crippen molar-refractivity contribution in [3.05, 3.63) is 35.3 Å². The third-order valence-corrected chi connectivity index (χ3v) is 8.97. The molecule has 0 saturated heterocycles. The van der Waals surface area contributed by atoms with Crippen LogP contribution < -0.4 is 0 Å². The average molecular weight is 672 g/mol. The van der Waals surface area contributed by atoms with Gasteiger partial charge in [-0.05, 0) is 0 Å². The van der Waals surface area contributed by atoms with Crippen molar-refractivity contribution in [2.75, 3.05) is 0 Å². The molecule has 0 radical (unpaired) electrons. The van der Waals surface area contributed by atoms with Crippen LogP contribution in [0.25, 0.3) is 0 Å². The molecule has 0 saturated carbocycles. The minimum absolute atomic E-state index is 0. The quantitative estimate of drug-likeness (QED) is 0.219. The summed E-state index contributed by atoms with van der Waals surface area (Å²) in [6, 6.07) is 0. The van der Waals surface area contributed by atoms with Gasteiger partial charge in [0.2, 0.25) is 0 Å². The molecule has 3 atom stereocenters. The van der Waals surface area contributed by atoms with E-state index in [2.05, 4.69) is 95.5 Å². The molecule has 0 aromatic carbocycles. The normalized spacial score (nSPS) is 31.7. The van der Waals surface area contributed by atoms with Crippen molar-refractivity contribution in [2.24, 2.45) is 30.7 Å². The topological polar surface area (TPSA) is 74.2 Å². The van der Waals surface area contributed by atoms with Crippen LogP contribution in [0.4, 0.5) is 0 Å². The van der Waals surface area contributed by atoms with E-state index in [9.17, 15) is 0 Å². The first-order chi connectivity index (χ1) is 13.8. The maximum atomic E-state index is 4.96. The van der Waals surface area contributed by atoms with Crippen LogP contribution in [-0.2, 0) is 20.4 Å². The van der Waals surface area contributed by atoms with E-state index in [0.29, 0.717) is 0 Å². The molecule has 0 bridgehead atoms. The molecule has 32 heavy (non-hydrogen) atoms. The van der Waals surface area contributed by atoms with Crippen molar-refractivity contribution >= 4 is 50.9 Å². The van der Waals surface area contributed by atoms with Gasteiger partial charge >= 0.3 is 187 Å². The van der Waals surface area contributed by atoms with E-state index in [0.717, 1.165) is 55.6 Å². The fourth-order valence-electron chi connectivity index (χ4n) is 4.97. The van der Waals surface area contributed by atoms with E-state index in [4.69, 9.17) is 15.3 Å². The average Bonchev–Trinajstić information content (AvgIpc) is 3.50. The summed E-state index contributed by atoms with van der Waals surface area (Å²) >= 11 is 2.31. The molecule has 0 N–H and O–H groups in total. The monoisotopic (exact) mass is 669 g/mol. The van der Waals surface area contributed by atoms with Crippen molar-refractivity contribution in [3.63, 3.8) is 0 Å². The molecule has 0 spiro atoms. The van der Waals surface area contributed by atoms with Gasteiger partial charge in [0.05, 0.1) is 0 Å². The summed E-state index contributed by atoms with van der Waals surface area (Å²) in [5, 5.41) is 28.7. The maximum absolute atomic E-state index is 4.96. The number of hydrogen-bond acceptors (Lipinski definition) is 6. The van der Waals surface area contributed by atoms with Gasteiger partial charge in [0.25, 0.3) is 0 Å². The second-order valence-electron chi connectivity index (χ2n) is 8.15. The molecular weight excluding hydrogens is 636 g/mol. The van der Waals surface area contributed by atoms with E-state index in [-0.39, 0.29) is 50.9 Å². The number of nitrogens with zero attached hydrogens (tertiary/aromatic N) is 6. The van der Waals surface area contributed by atoms with E-state index in [1.165, 1.54) is 0 Å². The summed E-state index contributed by atoms with van der Waals surface area (Å²) in [7, 11) is 0. The minimum atomic E-state index is -0.512. The summed E-state index contributed by atoms with van der Waals surface area (Å²) in [6.45, 7) is 13.0. The summed E-state index contributed by atoms with van der Waals surface area (Å²) in [4.78, 5) is 0. The predicted molar refractivity (Wildman–Crippen MR) is 142 cm³/mol. The Morgan fingerprint density at radius 2 is 0.844 bits per heavy atom. The Bertz CT molecular complexity index is 745. The molecule has 0 fully saturated rings. The Balaban J connectivity index is 0.00000320. The molecule has 0 aromatic heterocycles. The van der Waals surface area contributed by atoms with Gasteiger partial charge in [-0.15, -0.1) is 50.9 Å². The molecule has 3 rings (SSSR count). The fraction of sp³-hybridized carbons (Fsp3) is 0.727. The Morgan fingerprint density at radius 1 is 0.594 bits per heavy atom. The molecule has 0 amide bonds. The van der Waals surface area contributed by atoms with Gasteiger partial charge in [0, 0.05) is 0 Å². The van der Waals surface area contributed by atoms with Crippen molar-refractivity contribution < 1.29 is 20.4 Å². The molecule has 3 aliphatic heterocycles. The summed E-state index contributed by atoms with van der Waals surface area (Å²) in [5.41, 5.74) is 1.59. The van der Waals surface area contributed by atoms with Crippen LogP contribution in [0, 0.1) is 0 Å². The van der Waals surface area contributed by atoms with E-state index >= 15 is 0 Å². The molecular formula is C22H36Br3N6Ti. The number of halogens is 3. The van der Waals surface area contributed by atoms with Gasteiger partial charge in [0.15, 0.2) is 0 Å². The standard InChI is InChI=1S/C22H33N6.3BrH.Ti/c1-7-16-13-20(10-4,26-23-16)19(21(11-5)14-17(8-2)24-27-21)22(12-6)15-18(9-3)25-28-22;;;;/h13-15H,7-12H2,1-6H3;3*1H;. The first kappa shape index (κ1) is 32.2. The van der Waals surface area contributed by atoms with E-state index in [1.54, 1.807) is 0 Å². The predicted octanol–water partition coefficient (Wildman–Crippen LogP) is 9.15. The second kappa shape index (κ2) is 12.2. The molecule has 179 valence electrons. The first-order valence-electron chi connectivity index (χ1n) is 11.0. The van der Waals surface area contributed by atoms with E-state index < -0.39 is 20.3 Å². The zero-order valence-electron chi connectivity index (χ0n) is 19.9. The van der Waals surface area contributed by atoms with Crippen molar-refractivity contribution in [1.82, 2.24) is 0 Å². The SMILES string of the molecule is Br.Br.Br.CCC1=CC(CC)([C]([Ti])(C2(CC)C=C(CC)N=N2)C2(CC)C=C(CC)N=N2)N=N1. The Hall–Kier alpha value is 0.174. The van der Waals surface area contributed by atoms with Gasteiger partial charge in [-0.3, -0.25) is 0 Å². The van der Waals surface area contributed by atoms with Crippen LogP contribution in [0.15, 0.2) is 66.0 Å². The molecule has 3 heterocycles. The van der Waals surface area contributed by atoms with Crippen LogP contribution in [0.5, 0.6) is 0 Å². The molecule has 3 unspecified atom stereocenters. The Morgan fingerprint density at radius 3 is 1.00 bits per heavy atom. The number of azo groups is 3. The van der Waals surface area contributed by atoms with Gasteiger partial charge in [-0.2, -0.15) is 0 Å². The van der Waals surface area contributed by atoms with Crippen molar-refractivity contribution in [3.8, 4) is 0 Å². The zero-order chi connectivity index (χ0) is 21.3. The van der Waals surface area contributed by atoms with Crippen LogP contribution in [0.2, 0.25) is 3.72 Å². The zero-order valence-corrected chi connectivity index (χ0v) is 26.6. The van der Waals surface area contributed by atoms with Gasteiger partial charge in [-0.1, -0.05) is 0 Å². The fourth-order valence-corrected chi connectivity index (χ4v) is 6.37. The number of rotatable bonds is 9. The van der Waals surface area contributed by atoms with Gasteiger partial charge < -0.3 is 0 Å². The van der Waals surface area contributed by atoms with Gasteiger partial charge in [0.1, 0.15) is 0 Å². The van der Waals surface area contributed by atoms with Gasteiger partial charge in [-0.25, -0.2) is 0 Å². The van der Waals surface area contributed by atoms with Crippen LogP contribution in [-0.4, -0.2) is 16.6 Å². The molecule has 6 nitrogen and oxygen atoms in total. The summed E-state index contributed by atoms with van der Waals surface area (Å²) < 4.78 is -0.494. The third kappa shape index (κ3) is 4.54. The van der Waals surface area contributed by atoms with Crippen LogP contribution >= 0.6 is 50.9 Å². The number of hydrogen-bond donors (Lipinski definition) is 0. The first-order valence-corrected chi connectivity index (χ1v) is 11.8. The summed E-state index contributed by atoms with van der Waals surface area (Å²) in [5.74, 6) is 0. The van der Waals surface area contributed by atoms with Crippen molar-refractivity contribution in [2.45, 2.75) is 100 Å². The Kier molecular flexibility index (Phi) is 12.3. The van der Waals surface area contributed by atoms with Crippen molar-refractivity contribution in [1.29, 1.82) is 0 Å². The second-order valence-corrected chi connectivity index (χ2v) is 9.32. The van der Waals surface area contributed by atoms with E-state index in [1.807, 2.05) is 0 Å². The van der Waals surface area contributed by atoms with Crippen LogP contribution in [0.1, 0.15) is 80.1 Å².